The lowest BCUT2D eigenvalue weighted by molar-refractivity contribution is -0.134. The molecule has 0 amide bonds. The van der Waals surface area contributed by atoms with Gasteiger partial charge in [0.1, 0.15) is 6.61 Å². The SMILES string of the molecule is CC(C)N(CCO/N=C1\CCCCC\C1=C/c1ccccc1)C(C)C.O=C(O)/C=C/C(=O)O. The molecular formula is C26H38N2O5. The van der Waals surface area contributed by atoms with Crippen molar-refractivity contribution in [3.8, 4) is 0 Å². The number of hydrogen-bond acceptors (Lipinski definition) is 5. The summed E-state index contributed by atoms with van der Waals surface area (Å²) in [6.45, 7) is 10.5. The standard InChI is InChI=1S/C22H34N2O.C4H4O4/c1-18(2)24(19(3)4)15-16-25-23-22-14-10-6-9-13-21(22)17-20-11-7-5-8-12-20;5-3(6)1-2-4(7)8/h5,7-8,11-12,17-19H,6,9-10,13-16H2,1-4H3;1-2H,(H,5,6)(H,7,8)/b21-17+,23-22+;2-1+. The molecule has 0 aromatic heterocycles. The van der Waals surface area contributed by atoms with E-state index >= 15 is 0 Å². The number of carboxylic acids is 2. The second-order valence-corrected chi connectivity index (χ2v) is 8.45. The van der Waals surface area contributed by atoms with E-state index in [-0.39, 0.29) is 0 Å². The zero-order valence-corrected chi connectivity index (χ0v) is 20.2. The molecule has 7 heteroatoms. The maximum Gasteiger partial charge on any atom is 0.328 e. The topological polar surface area (TPSA) is 99.4 Å². The van der Waals surface area contributed by atoms with Gasteiger partial charge in [-0.15, -0.1) is 0 Å². The van der Waals surface area contributed by atoms with Crippen molar-refractivity contribution < 1.29 is 24.6 Å². The van der Waals surface area contributed by atoms with Crippen LogP contribution >= 0.6 is 0 Å². The molecule has 1 aliphatic carbocycles. The minimum absolute atomic E-state index is 0.530. The van der Waals surface area contributed by atoms with E-state index in [9.17, 15) is 9.59 Å². The number of carbonyl (C=O) groups is 2. The van der Waals surface area contributed by atoms with Crippen molar-refractivity contribution in [2.45, 2.75) is 71.9 Å². The zero-order valence-electron chi connectivity index (χ0n) is 20.2. The Kier molecular flexibility index (Phi) is 13.5. The first kappa shape index (κ1) is 28.1. The molecule has 0 unspecified atom stereocenters. The molecule has 1 fully saturated rings. The molecule has 2 N–H and O–H groups in total. The third-order valence-electron chi connectivity index (χ3n) is 5.18. The van der Waals surface area contributed by atoms with Crippen LogP contribution in [0, 0.1) is 0 Å². The van der Waals surface area contributed by atoms with E-state index < -0.39 is 11.9 Å². The smallest absolute Gasteiger partial charge is 0.328 e. The Bertz CT molecular complexity index is 789. The Morgan fingerprint density at radius 3 is 2.09 bits per heavy atom. The van der Waals surface area contributed by atoms with Gasteiger partial charge >= 0.3 is 11.9 Å². The second-order valence-electron chi connectivity index (χ2n) is 8.45. The Morgan fingerprint density at radius 2 is 1.55 bits per heavy atom. The van der Waals surface area contributed by atoms with E-state index in [1.807, 2.05) is 0 Å². The number of allylic oxidation sites excluding steroid dienone is 1. The van der Waals surface area contributed by atoms with Gasteiger partial charge in [0.15, 0.2) is 0 Å². The molecule has 0 aliphatic heterocycles. The molecule has 0 saturated heterocycles. The summed E-state index contributed by atoms with van der Waals surface area (Å²) in [5.74, 6) is -2.51. The second kappa shape index (κ2) is 15.8. The maximum atomic E-state index is 9.55. The fourth-order valence-electron chi connectivity index (χ4n) is 3.62. The first-order valence-electron chi connectivity index (χ1n) is 11.5. The van der Waals surface area contributed by atoms with Crippen LogP contribution in [0.2, 0.25) is 0 Å². The molecule has 0 spiro atoms. The highest BCUT2D eigenvalue weighted by Crippen LogP contribution is 2.23. The van der Waals surface area contributed by atoms with E-state index in [0.717, 1.165) is 25.1 Å². The molecule has 0 bridgehead atoms. The summed E-state index contributed by atoms with van der Waals surface area (Å²) in [5, 5.41) is 20.2. The molecule has 2 rings (SSSR count). The lowest BCUT2D eigenvalue weighted by atomic mass is 10.0. The van der Waals surface area contributed by atoms with Crippen LogP contribution in [0.4, 0.5) is 0 Å². The third-order valence-corrected chi connectivity index (χ3v) is 5.18. The summed E-state index contributed by atoms with van der Waals surface area (Å²) in [6, 6.07) is 11.6. The van der Waals surface area contributed by atoms with Crippen LogP contribution in [-0.2, 0) is 14.4 Å². The van der Waals surface area contributed by atoms with E-state index in [2.05, 4.69) is 74.2 Å². The third kappa shape index (κ3) is 12.6. The molecule has 0 atom stereocenters. The van der Waals surface area contributed by atoms with Gasteiger partial charge in [-0.25, -0.2) is 9.59 Å². The van der Waals surface area contributed by atoms with Crippen molar-refractivity contribution in [1.82, 2.24) is 4.90 Å². The van der Waals surface area contributed by atoms with Crippen LogP contribution in [0.25, 0.3) is 6.08 Å². The average Bonchev–Trinajstić information content (AvgIpc) is 2.98. The molecule has 0 radical (unpaired) electrons. The highest BCUT2D eigenvalue weighted by Gasteiger charge is 2.15. The van der Waals surface area contributed by atoms with Crippen LogP contribution in [-0.4, -0.2) is 58.0 Å². The van der Waals surface area contributed by atoms with E-state index in [1.54, 1.807) is 0 Å². The summed E-state index contributed by atoms with van der Waals surface area (Å²) < 4.78 is 0. The number of hydrogen-bond donors (Lipinski definition) is 2. The fourth-order valence-corrected chi connectivity index (χ4v) is 3.62. The number of benzene rings is 1. The minimum Gasteiger partial charge on any atom is -0.478 e. The van der Waals surface area contributed by atoms with Crippen molar-refractivity contribution in [2.75, 3.05) is 13.2 Å². The number of oxime groups is 1. The Morgan fingerprint density at radius 1 is 0.970 bits per heavy atom. The predicted octanol–water partition coefficient (Wildman–Crippen LogP) is 5.24. The Labute approximate surface area is 197 Å². The summed E-state index contributed by atoms with van der Waals surface area (Å²) >= 11 is 0. The van der Waals surface area contributed by atoms with Crippen molar-refractivity contribution in [3.63, 3.8) is 0 Å². The quantitative estimate of drug-likeness (QED) is 0.227. The highest BCUT2D eigenvalue weighted by atomic mass is 16.6. The largest absolute Gasteiger partial charge is 0.478 e. The number of nitrogens with zero attached hydrogens (tertiary/aromatic N) is 2. The average molecular weight is 459 g/mol. The predicted molar refractivity (Wildman–Crippen MR) is 132 cm³/mol. The van der Waals surface area contributed by atoms with Crippen LogP contribution in [0.15, 0.2) is 53.2 Å². The molecule has 1 aromatic rings. The summed E-state index contributed by atoms with van der Waals surface area (Å²) in [4.78, 5) is 27.3. The molecule has 1 saturated carbocycles. The Hall–Kier alpha value is -2.93. The zero-order chi connectivity index (χ0) is 24.6. The van der Waals surface area contributed by atoms with Crippen LogP contribution in [0.1, 0.15) is 65.4 Å². The molecule has 1 aliphatic rings. The van der Waals surface area contributed by atoms with Crippen molar-refractivity contribution in [2.24, 2.45) is 5.16 Å². The monoisotopic (exact) mass is 458 g/mol. The van der Waals surface area contributed by atoms with Gasteiger partial charge in [-0.1, -0.05) is 41.9 Å². The maximum absolute atomic E-state index is 9.55. The van der Waals surface area contributed by atoms with Gasteiger partial charge in [-0.3, -0.25) is 4.90 Å². The number of rotatable bonds is 9. The molecule has 7 nitrogen and oxygen atoms in total. The molecule has 33 heavy (non-hydrogen) atoms. The van der Waals surface area contributed by atoms with Gasteiger partial charge in [0.2, 0.25) is 0 Å². The number of carboxylic acid groups (broad SMARTS) is 2. The number of aliphatic carboxylic acids is 2. The summed E-state index contributed by atoms with van der Waals surface area (Å²) in [7, 11) is 0. The minimum atomic E-state index is -1.26. The highest BCUT2D eigenvalue weighted by molar-refractivity contribution is 6.03. The van der Waals surface area contributed by atoms with E-state index in [0.29, 0.717) is 30.8 Å². The summed E-state index contributed by atoms with van der Waals surface area (Å²) in [5.41, 5.74) is 3.73. The molecule has 1 aromatic carbocycles. The van der Waals surface area contributed by atoms with Gasteiger partial charge in [-0.05, 0) is 70.6 Å². The van der Waals surface area contributed by atoms with Gasteiger partial charge in [-0.2, -0.15) is 0 Å². The van der Waals surface area contributed by atoms with Crippen molar-refractivity contribution >= 4 is 23.7 Å². The molecule has 0 heterocycles. The van der Waals surface area contributed by atoms with Crippen molar-refractivity contribution in [3.05, 3.63) is 53.6 Å². The normalized spacial score (nSPS) is 16.8. The first-order valence-corrected chi connectivity index (χ1v) is 11.5. The van der Waals surface area contributed by atoms with Crippen LogP contribution in [0.5, 0.6) is 0 Å². The van der Waals surface area contributed by atoms with Gasteiger partial charge < -0.3 is 15.1 Å². The van der Waals surface area contributed by atoms with Crippen LogP contribution in [0.3, 0.4) is 0 Å². The lowest BCUT2D eigenvalue weighted by Gasteiger charge is -2.29. The molecule has 182 valence electrons. The van der Waals surface area contributed by atoms with E-state index in [4.69, 9.17) is 15.1 Å². The summed E-state index contributed by atoms with van der Waals surface area (Å²) in [6.07, 6.45) is 9.24. The van der Waals surface area contributed by atoms with Crippen molar-refractivity contribution in [1.29, 1.82) is 0 Å². The lowest BCUT2D eigenvalue weighted by Crippen LogP contribution is -2.39. The van der Waals surface area contributed by atoms with Gasteiger partial charge in [0, 0.05) is 30.8 Å². The van der Waals surface area contributed by atoms with Crippen LogP contribution < -0.4 is 0 Å². The molecular weight excluding hydrogens is 420 g/mol. The van der Waals surface area contributed by atoms with Gasteiger partial charge in [0.05, 0.1) is 5.71 Å². The first-order chi connectivity index (χ1) is 15.7. The Balaban J connectivity index is 0.000000582. The van der Waals surface area contributed by atoms with Gasteiger partial charge in [0.25, 0.3) is 0 Å². The fraction of sp³-hybridized carbons (Fsp3) is 0.500. The van der Waals surface area contributed by atoms with E-state index in [1.165, 1.54) is 30.4 Å².